The Morgan fingerprint density at radius 2 is 1.54 bits per heavy atom. The topological polar surface area (TPSA) is 63.0 Å². The van der Waals surface area contributed by atoms with Gasteiger partial charge in [-0.2, -0.15) is 10.2 Å². The van der Waals surface area contributed by atoms with Crippen molar-refractivity contribution in [1.82, 2.24) is 0 Å². The standard InChI is InChI=1S/C18H22N4O2/c1-22(2,3)13-14-24-18(23)19-15-9-11-17(12-10-15)21-20-16-7-5-4-6-8-16/h4-12H,13-14H2,1-3H3/p+1. The molecule has 6 heteroatoms. The normalized spacial score (nSPS) is 11.5. The number of anilines is 1. The predicted molar refractivity (Wildman–Crippen MR) is 94.9 cm³/mol. The number of azo groups is 1. The minimum atomic E-state index is -0.456. The van der Waals surface area contributed by atoms with Crippen molar-refractivity contribution in [1.29, 1.82) is 0 Å². The van der Waals surface area contributed by atoms with Gasteiger partial charge in [0.25, 0.3) is 0 Å². The highest BCUT2D eigenvalue weighted by Gasteiger charge is 2.09. The number of likely N-dealkylation sites (N-methyl/N-ethyl adjacent to an activating group) is 1. The molecule has 1 N–H and O–H groups in total. The summed E-state index contributed by atoms with van der Waals surface area (Å²) in [4.78, 5) is 11.7. The average Bonchev–Trinajstić information content (AvgIpc) is 2.54. The maximum absolute atomic E-state index is 11.7. The van der Waals surface area contributed by atoms with Crippen LogP contribution in [-0.4, -0.2) is 44.9 Å². The second-order valence-corrected chi connectivity index (χ2v) is 6.36. The molecule has 0 saturated heterocycles. The van der Waals surface area contributed by atoms with E-state index in [2.05, 4.69) is 15.5 Å². The third-order valence-corrected chi connectivity index (χ3v) is 3.15. The molecule has 0 heterocycles. The summed E-state index contributed by atoms with van der Waals surface area (Å²) in [6, 6.07) is 16.6. The molecule has 24 heavy (non-hydrogen) atoms. The molecule has 0 atom stereocenters. The van der Waals surface area contributed by atoms with Gasteiger partial charge >= 0.3 is 6.09 Å². The zero-order valence-electron chi connectivity index (χ0n) is 14.3. The monoisotopic (exact) mass is 327 g/mol. The molecule has 2 aromatic rings. The Labute approximate surface area is 142 Å². The van der Waals surface area contributed by atoms with E-state index < -0.39 is 6.09 Å². The highest BCUT2D eigenvalue weighted by molar-refractivity contribution is 5.84. The highest BCUT2D eigenvalue weighted by Crippen LogP contribution is 2.20. The summed E-state index contributed by atoms with van der Waals surface area (Å²) in [5.41, 5.74) is 2.16. The summed E-state index contributed by atoms with van der Waals surface area (Å²) >= 11 is 0. The van der Waals surface area contributed by atoms with Crippen molar-refractivity contribution in [3.05, 3.63) is 54.6 Å². The van der Waals surface area contributed by atoms with Gasteiger partial charge in [-0.05, 0) is 36.4 Å². The van der Waals surface area contributed by atoms with Crippen molar-refractivity contribution in [3.63, 3.8) is 0 Å². The molecular weight excluding hydrogens is 304 g/mol. The van der Waals surface area contributed by atoms with Crippen molar-refractivity contribution >= 4 is 23.2 Å². The summed E-state index contributed by atoms with van der Waals surface area (Å²) in [7, 11) is 6.14. The molecule has 0 aliphatic heterocycles. The minimum absolute atomic E-state index is 0.374. The number of amides is 1. The predicted octanol–water partition coefficient (Wildman–Crippen LogP) is 4.36. The number of benzene rings is 2. The Kier molecular flexibility index (Phi) is 6.03. The fourth-order valence-corrected chi connectivity index (χ4v) is 1.79. The molecule has 0 spiro atoms. The molecule has 0 aliphatic rings. The zero-order valence-corrected chi connectivity index (χ0v) is 14.3. The molecule has 0 fully saturated rings. The van der Waals surface area contributed by atoms with Gasteiger partial charge in [-0.3, -0.25) is 5.32 Å². The van der Waals surface area contributed by atoms with E-state index in [1.54, 1.807) is 24.3 Å². The summed E-state index contributed by atoms with van der Waals surface area (Å²) in [6.07, 6.45) is -0.456. The van der Waals surface area contributed by atoms with Crippen molar-refractivity contribution in [2.75, 3.05) is 39.6 Å². The molecule has 6 nitrogen and oxygen atoms in total. The molecule has 1 amide bonds. The van der Waals surface area contributed by atoms with Crippen LogP contribution in [0.3, 0.4) is 0 Å². The molecule has 0 bridgehead atoms. The summed E-state index contributed by atoms with van der Waals surface area (Å²) in [6.45, 7) is 1.13. The van der Waals surface area contributed by atoms with Crippen LogP contribution in [0, 0.1) is 0 Å². The number of nitrogens with zero attached hydrogens (tertiary/aromatic N) is 3. The summed E-state index contributed by atoms with van der Waals surface area (Å²) in [5.74, 6) is 0. The molecule has 0 aliphatic carbocycles. The lowest BCUT2D eigenvalue weighted by Crippen LogP contribution is -2.38. The second kappa shape index (κ2) is 8.21. The van der Waals surface area contributed by atoms with Gasteiger partial charge in [0, 0.05) is 5.69 Å². The first-order valence-corrected chi connectivity index (χ1v) is 7.73. The Hall–Kier alpha value is -2.73. The van der Waals surface area contributed by atoms with Gasteiger partial charge in [0.15, 0.2) is 0 Å². The van der Waals surface area contributed by atoms with Gasteiger partial charge in [-0.25, -0.2) is 4.79 Å². The number of carbonyl (C=O) groups is 1. The number of ether oxygens (including phenoxy) is 1. The van der Waals surface area contributed by atoms with E-state index in [1.165, 1.54) is 0 Å². The smallest absolute Gasteiger partial charge is 0.411 e. The number of hydrogen-bond acceptors (Lipinski definition) is 4. The van der Waals surface area contributed by atoms with E-state index in [0.717, 1.165) is 16.7 Å². The van der Waals surface area contributed by atoms with Gasteiger partial charge in [-0.1, -0.05) is 18.2 Å². The number of quaternary nitrogens is 1. The third kappa shape index (κ3) is 6.58. The van der Waals surface area contributed by atoms with Gasteiger partial charge in [0.05, 0.1) is 32.5 Å². The molecule has 0 saturated carbocycles. The van der Waals surface area contributed by atoms with Crippen molar-refractivity contribution in [2.45, 2.75) is 0 Å². The van der Waals surface area contributed by atoms with Crippen LogP contribution in [0.5, 0.6) is 0 Å². The maximum Gasteiger partial charge on any atom is 0.411 e. The van der Waals surface area contributed by atoms with Crippen LogP contribution in [0.25, 0.3) is 0 Å². The first kappa shape index (κ1) is 17.6. The first-order valence-electron chi connectivity index (χ1n) is 7.73. The lowest BCUT2D eigenvalue weighted by atomic mass is 10.3. The third-order valence-electron chi connectivity index (χ3n) is 3.15. The molecule has 0 radical (unpaired) electrons. The first-order chi connectivity index (χ1) is 11.4. The molecule has 126 valence electrons. The largest absolute Gasteiger partial charge is 0.443 e. The molecule has 2 rings (SSSR count). The number of carbonyl (C=O) groups excluding carboxylic acids is 1. The Bertz CT molecular complexity index is 676. The summed E-state index contributed by atoms with van der Waals surface area (Å²) in [5, 5.41) is 11.0. The number of rotatable bonds is 6. The zero-order chi connectivity index (χ0) is 17.4. The van der Waals surface area contributed by atoms with Gasteiger partial charge in [-0.15, -0.1) is 0 Å². The molecule has 0 unspecified atom stereocenters. The molecule has 2 aromatic carbocycles. The Morgan fingerprint density at radius 3 is 2.12 bits per heavy atom. The fraction of sp³-hybridized carbons (Fsp3) is 0.278. The van der Waals surface area contributed by atoms with E-state index in [1.807, 2.05) is 51.5 Å². The van der Waals surface area contributed by atoms with E-state index >= 15 is 0 Å². The lowest BCUT2D eigenvalue weighted by Gasteiger charge is -2.23. The van der Waals surface area contributed by atoms with Crippen LogP contribution in [-0.2, 0) is 4.74 Å². The van der Waals surface area contributed by atoms with Crippen LogP contribution in [0.1, 0.15) is 0 Å². The Balaban J connectivity index is 1.83. The summed E-state index contributed by atoms with van der Waals surface area (Å²) < 4.78 is 5.89. The van der Waals surface area contributed by atoms with Crippen LogP contribution in [0.15, 0.2) is 64.8 Å². The van der Waals surface area contributed by atoms with E-state index in [4.69, 9.17) is 4.74 Å². The number of hydrogen-bond donors (Lipinski definition) is 1. The fourth-order valence-electron chi connectivity index (χ4n) is 1.79. The van der Waals surface area contributed by atoms with E-state index in [0.29, 0.717) is 18.0 Å². The quantitative estimate of drug-likeness (QED) is 0.633. The average molecular weight is 327 g/mol. The second-order valence-electron chi connectivity index (χ2n) is 6.36. The van der Waals surface area contributed by atoms with Crippen molar-refractivity contribution < 1.29 is 14.0 Å². The van der Waals surface area contributed by atoms with Gasteiger partial charge in [0.1, 0.15) is 13.2 Å². The van der Waals surface area contributed by atoms with Crippen LogP contribution >= 0.6 is 0 Å². The van der Waals surface area contributed by atoms with Crippen LogP contribution < -0.4 is 5.32 Å². The van der Waals surface area contributed by atoms with Crippen molar-refractivity contribution in [2.24, 2.45) is 10.2 Å². The number of nitrogens with one attached hydrogen (secondary N) is 1. The van der Waals surface area contributed by atoms with Gasteiger partial charge < -0.3 is 9.22 Å². The van der Waals surface area contributed by atoms with Crippen molar-refractivity contribution in [3.8, 4) is 0 Å². The van der Waals surface area contributed by atoms with Gasteiger partial charge in [0.2, 0.25) is 0 Å². The van der Waals surface area contributed by atoms with E-state index in [9.17, 15) is 4.79 Å². The highest BCUT2D eigenvalue weighted by atomic mass is 16.5. The molecular formula is C18H23N4O2+. The van der Waals surface area contributed by atoms with Crippen LogP contribution in [0.2, 0.25) is 0 Å². The SMILES string of the molecule is C[N+](C)(C)CCOC(=O)Nc1ccc(N=Nc2ccccc2)cc1. The molecule has 0 aromatic heterocycles. The lowest BCUT2D eigenvalue weighted by molar-refractivity contribution is -0.870. The minimum Gasteiger partial charge on any atom is -0.443 e. The van der Waals surface area contributed by atoms with Crippen LogP contribution in [0.4, 0.5) is 21.9 Å². The van der Waals surface area contributed by atoms with E-state index in [-0.39, 0.29) is 0 Å². The maximum atomic E-state index is 11.7. The Morgan fingerprint density at radius 1 is 0.958 bits per heavy atom.